The molecule has 0 saturated heterocycles. The fraction of sp³-hybridized carbons (Fsp3) is 0.720. The Bertz CT molecular complexity index is 597. The van der Waals surface area contributed by atoms with Crippen molar-refractivity contribution in [2.24, 2.45) is 5.10 Å². The van der Waals surface area contributed by atoms with E-state index < -0.39 is 0 Å². The normalized spacial score (nSPS) is 15.5. The van der Waals surface area contributed by atoms with Gasteiger partial charge in [-0.25, -0.2) is 10.5 Å². The van der Waals surface area contributed by atoms with E-state index in [1.165, 1.54) is 74.6 Å². The second-order valence-electron chi connectivity index (χ2n) is 9.24. The minimum Gasteiger partial charge on any atom is -0.242 e. The molecule has 1 aliphatic heterocycles. The largest absolute Gasteiger partial charge is 0.242 e. The Morgan fingerprint density at radius 2 is 1.38 bits per heavy atom. The van der Waals surface area contributed by atoms with Crippen LogP contribution in [0.5, 0.6) is 0 Å². The summed E-state index contributed by atoms with van der Waals surface area (Å²) in [5, 5.41) is 8.87. The fourth-order valence-corrected chi connectivity index (χ4v) is 4.19. The van der Waals surface area contributed by atoms with Crippen LogP contribution in [0.1, 0.15) is 122 Å². The van der Waals surface area contributed by atoms with E-state index in [0.29, 0.717) is 17.9 Å². The lowest BCUT2D eigenvalue weighted by Crippen LogP contribution is -2.49. The standard InChI is InChI=1S/C25H44N4/c1-7-8-9-10-11-12-13-14-16-22(6)29-27-26-19-28(29)25-23(20(2)3)17-15-18-24(25)21(4)5/h15,17-22,27H,7-14,16H2,1-6H3. The number of nitrogens with one attached hydrogen (secondary N) is 1. The predicted octanol–water partition coefficient (Wildman–Crippen LogP) is 7.34. The number of rotatable bonds is 13. The number of para-hydroxylation sites is 1. The topological polar surface area (TPSA) is 30.9 Å². The zero-order valence-corrected chi connectivity index (χ0v) is 19.7. The monoisotopic (exact) mass is 400 g/mol. The number of nitrogens with zero attached hydrogens (tertiary/aromatic N) is 3. The van der Waals surface area contributed by atoms with Gasteiger partial charge in [-0.1, -0.05) is 104 Å². The van der Waals surface area contributed by atoms with Crippen molar-refractivity contribution in [1.29, 1.82) is 0 Å². The van der Waals surface area contributed by atoms with E-state index >= 15 is 0 Å². The lowest BCUT2D eigenvalue weighted by atomic mass is 9.92. The minimum atomic E-state index is 0.401. The van der Waals surface area contributed by atoms with E-state index in [1.54, 1.807) is 0 Å². The average molecular weight is 401 g/mol. The number of hydrogen-bond donors (Lipinski definition) is 1. The van der Waals surface area contributed by atoms with Gasteiger partial charge in [0.15, 0.2) is 0 Å². The number of hydrazone groups is 1. The highest BCUT2D eigenvalue weighted by Gasteiger charge is 2.29. The van der Waals surface area contributed by atoms with E-state index in [2.05, 4.69) is 80.5 Å². The Labute approximate surface area is 179 Å². The van der Waals surface area contributed by atoms with Gasteiger partial charge in [0.2, 0.25) is 0 Å². The van der Waals surface area contributed by atoms with Gasteiger partial charge in [-0.2, -0.15) is 5.10 Å². The van der Waals surface area contributed by atoms with Crippen LogP contribution in [0.4, 0.5) is 5.69 Å². The second kappa shape index (κ2) is 12.2. The molecule has 2 rings (SSSR count). The Hall–Kier alpha value is -1.55. The van der Waals surface area contributed by atoms with Crippen LogP contribution in [0, 0.1) is 0 Å². The molecule has 0 amide bonds. The third-order valence-corrected chi connectivity index (χ3v) is 6.02. The van der Waals surface area contributed by atoms with E-state index in [-0.39, 0.29) is 0 Å². The molecular formula is C25H44N4. The maximum absolute atomic E-state index is 4.41. The minimum absolute atomic E-state index is 0.401. The predicted molar refractivity (Wildman–Crippen MR) is 127 cm³/mol. The number of unbranched alkanes of at least 4 members (excludes halogenated alkanes) is 7. The molecule has 1 N–H and O–H groups in total. The zero-order valence-electron chi connectivity index (χ0n) is 19.7. The van der Waals surface area contributed by atoms with Crippen LogP contribution in [0.2, 0.25) is 0 Å². The quantitative estimate of drug-likeness (QED) is 0.351. The molecule has 4 nitrogen and oxygen atoms in total. The summed E-state index contributed by atoms with van der Waals surface area (Å²) >= 11 is 0. The third kappa shape index (κ3) is 6.74. The van der Waals surface area contributed by atoms with Crippen molar-refractivity contribution in [2.45, 2.75) is 117 Å². The molecule has 29 heavy (non-hydrogen) atoms. The van der Waals surface area contributed by atoms with Gasteiger partial charge < -0.3 is 0 Å². The van der Waals surface area contributed by atoms with Gasteiger partial charge in [0.05, 0.1) is 5.69 Å². The Morgan fingerprint density at radius 1 is 0.828 bits per heavy atom. The van der Waals surface area contributed by atoms with Crippen molar-refractivity contribution >= 4 is 12.0 Å². The summed E-state index contributed by atoms with van der Waals surface area (Å²) in [6.07, 6.45) is 14.0. The summed E-state index contributed by atoms with van der Waals surface area (Å²) < 4.78 is 0. The molecule has 1 heterocycles. The highest BCUT2D eigenvalue weighted by molar-refractivity contribution is 5.83. The molecule has 4 heteroatoms. The van der Waals surface area contributed by atoms with Crippen LogP contribution in [-0.2, 0) is 0 Å². The number of benzene rings is 1. The van der Waals surface area contributed by atoms with Gasteiger partial charge >= 0.3 is 0 Å². The Balaban J connectivity index is 1.97. The SMILES string of the molecule is CCCCCCCCCCC(C)N1NN=CN1c1c(C(C)C)cccc1C(C)C. The van der Waals surface area contributed by atoms with Crippen LogP contribution >= 0.6 is 0 Å². The zero-order chi connectivity index (χ0) is 21.2. The van der Waals surface area contributed by atoms with Crippen LogP contribution in [0.15, 0.2) is 23.3 Å². The number of hydrogen-bond acceptors (Lipinski definition) is 4. The molecule has 0 saturated carbocycles. The first-order valence-corrected chi connectivity index (χ1v) is 12.0. The van der Waals surface area contributed by atoms with Gasteiger partial charge in [-0.05, 0) is 36.3 Å². The highest BCUT2D eigenvalue weighted by Crippen LogP contribution is 2.36. The maximum atomic E-state index is 4.41. The van der Waals surface area contributed by atoms with Gasteiger partial charge in [-0.15, -0.1) is 5.12 Å². The number of hydrazine groups is 2. The lowest BCUT2D eigenvalue weighted by Gasteiger charge is -2.35. The van der Waals surface area contributed by atoms with Crippen molar-refractivity contribution in [3.8, 4) is 0 Å². The van der Waals surface area contributed by atoms with E-state index in [1.807, 2.05) is 6.34 Å². The molecule has 0 radical (unpaired) electrons. The van der Waals surface area contributed by atoms with Crippen LogP contribution in [-0.4, -0.2) is 17.5 Å². The Morgan fingerprint density at radius 3 is 1.93 bits per heavy atom. The van der Waals surface area contributed by atoms with Gasteiger partial charge in [0.25, 0.3) is 0 Å². The fourth-order valence-electron chi connectivity index (χ4n) is 4.19. The molecule has 1 aromatic rings. The smallest absolute Gasteiger partial charge is 0.133 e. The first-order valence-electron chi connectivity index (χ1n) is 12.0. The van der Waals surface area contributed by atoms with Gasteiger partial charge in [0.1, 0.15) is 6.34 Å². The molecule has 1 aromatic carbocycles. The molecule has 0 bridgehead atoms. The van der Waals surface area contributed by atoms with Crippen molar-refractivity contribution < 1.29 is 0 Å². The van der Waals surface area contributed by atoms with Crippen molar-refractivity contribution in [1.82, 2.24) is 10.7 Å². The summed E-state index contributed by atoms with van der Waals surface area (Å²) in [6, 6.07) is 7.12. The van der Waals surface area contributed by atoms with Gasteiger partial charge in [0, 0.05) is 6.04 Å². The third-order valence-electron chi connectivity index (χ3n) is 6.02. The summed E-state index contributed by atoms with van der Waals surface area (Å²) in [4.78, 5) is 0. The summed E-state index contributed by atoms with van der Waals surface area (Å²) in [5.74, 6) is 0.949. The molecule has 0 fully saturated rings. The first-order chi connectivity index (χ1) is 14.0. The summed E-state index contributed by atoms with van der Waals surface area (Å²) in [6.45, 7) is 13.7. The van der Waals surface area contributed by atoms with E-state index in [4.69, 9.17) is 0 Å². The van der Waals surface area contributed by atoms with Crippen LogP contribution < -0.4 is 10.5 Å². The second-order valence-corrected chi connectivity index (χ2v) is 9.24. The molecule has 0 aliphatic carbocycles. The van der Waals surface area contributed by atoms with E-state index in [9.17, 15) is 0 Å². The first kappa shape index (κ1) is 23.7. The van der Waals surface area contributed by atoms with Crippen molar-refractivity contribution in [3.63, 3.8) is 0 Å². The molecule has 1 unspecified atom stereocenters. The van der Waals surface area contributed by atoms with Crippen molar-refractivity contribution in [3.05, 3.63) is 29.3 Å². The molecule has 0 aromatic heterocycles. The maximum Gasteiger partial charge on any atom is 0.133 e. The number of anilines is 1. The van der Waals surface area contributed by atoms with Gasteiger partial charge in [-0.3, -0.25) is 0 Å². The summed E-state index contributed by atoms with van der Waals surface area (Å²) in [5.41, 5.74) is 7.31. The average Bonchev–Trinajstić information content (AvgIpc) is 3.18. The highest BCUT2D eigenvalue weighted by atomic mass is 15.9. The molecule has 0 spiro atoms. The Kier molecular flexibility index (Phi) is 9.99. The van der Waals surface area contributed by atoms with Crippen LogP contribution in [0.25, 0.3) is 0 Å². The van der Waals surface area contributed by atoms with Crippen molar-refractivity contribution in [2.75, 3.05) is 5.01 Å². The molecular weight excluding hydrogens is 356 g/mol. The molecule has 164 valence electrons. The summed E-state index contributed by atoms with van der Waals surface area (Å²) in [7, 11) is 0. The van der Waals surface area contributed by atoms with E-state index in [0.717, 1.165) is 0 Å². The molecule has 1 aliphatic rings. The molecule has 1 atom stereocenters. The lowest BCUT2D eigenvalue weighted by molar-refractivity contribution is 0.151. The van der Waals surface area contributed by atoms with Crippen LogP contribution in [0.3, 0.4) is 0 Å².